The maximum atomic E-state index is 11.3. The third kappa shape index (κ3) is 2.97. The van der Waals surface area contributed by atoms with Crippen molar-refractivity contribution in [2.24, 2.45) is 0 Å². The molecule has 4 nitrogen and oxygen atoms in total. The summed E-state index contributed by atoms with van der Waals surface area (Å²) >= 11 is 0. The summed E-state index contributed by atoms with van der Waals surface area (Å²) in [7, 11) is 0. The maximum Gasteiger partial charge on any atom is 0.238 e. The molecule has 1 saturated heterocycles. The van der Waals surface area contributed by atoms with E-state index in [-0.39, 0.29) is 12.3 Å². The topological polar surface area (TPSA) is 56.1 Å². The zero-order valence-electron chi connectivity index (χ0n) is 9.65. The molecule has 0 atom stereocenters. The Labute approximate surface area is 101 Å². The van der Waals surface area contributed by atoms with E-state index in [0.29, 0.717) is 0 Å². The minimum absolute atomic E-state index is 0.103. The fourth-order valence-corrected chi connectivity index (χ4v) is 2.03. The van der Waals surface area contributed by atoms with Gasteiger partial charge in [-0.1, -0.05) is 6.07 Å². The molecule has 0 aromatic heterocycles. The van der Waals surface area contributed by atoms with Crippen LogP contribution >= 0.6 is 0 Å². The van der Waals surface area contributed by atoms with Crippen molar-refractivity contribution in [1.29, 1.82) is 5.26 Å². The number of nitriles is 1. The molecule has 88 valence electrons. The summed E-state index contributed by atoms with van der Waals surface area (Å²) in [4.78, 5) is 13.6. The molecule has 0 bridgehead atoms. The summed E-state index contributed by atoms with van der Waals surface area (Å²) in [5, 5.41) is 11.1. The normalized spacial score (nSPS) is 14.4. The van der Waals surface area contributed by atoms with Crippen molar-refractivity contribution in [3.63, 3.8) is 0 Å². The molecule has 1 aliphatic heterocycles. The molecule has 0 aliphatic carbocycles. The number of carbonyl (C=O) groups is 1. The van der Waals surface area contributed by atoms with Crippen LogP contribution in [0.1, 0.15) is 19.3 Å². The molecule has 0 saturated carbocycles. The summed E-state index contributed by atoms with van der Waals surface area (Å²) in [5.74, 6) is -0.258. The smallest absolute Gasteiger partial charge is 0.238 e. The van der Waals surface area contributed by atoms with Gasteiger partial charge in [0.15, 0.2) is 0 Å². The van der Waals surface area contributed by atoms with Crippen LogP contribution in [-0.2, 0) is 4.79 Å². The number of hydrogen-bond donors (Lipinski definition) is 1. The van der Waals surface area contributed by atoms with Crippen LogP contribution in [0.15, 0.2) is 24.3 Å². The fourth-order valence-electron chi connectivity index (χ4n) is 2.03. The minimum Gasteiger partial charge on any atom is -0.371 e. The summed E-state index contributed by atoms with van der Waals surface area (Å²) < 4.78 is 0. The number of nitrogens with zero attached hydrogens (tertiary/aromatic N) is 2. The first-order valence-electron chi connectivity index (χ1n) is 5.81. The fraction of sp³-hybridized carbons (Fsp3) is 0.385. The Balaban J connectivity index is 2.06. The van der Waals surface area contributed by atoms with Crippen LogP contribution in [-0.4, -0.2) is 19.0 Å². The standard InChI is InChI=1S/C13H15N3O/c14-7-6-13(17)15-11-4-3-5-12(10-11)16-8-1-2-9-16/h3-5,10H,1-2,6,8-9H2,(H,15,17). The predicted octanol–water partition coefficient (Wildman–Crippen LogP) is 2.14. The van der Waals surface area contributed by atoms with Gasteiger partial charge in [-0.15, -0.1) is 0 Å². The zero-order valence-corrected chi connectivity index (χ0v) is 9.65. The van der Waals surface area contributed by atoms with Crippen molar-refractivity contribution in [1.82, 2.24) is 0 Å². The quantitative estimate of drug-likeness (QED) is 0.863. The van der Waals surface area contributed by atoms with Crippen molar-refractivity contribution in [3.8, 4) is 6.07 Å². The monoisotopic (exact) mass is 229 g/mol. The molecule has 1 aliphatic rings. The molecule has 17 heavy (non-hydrogen) atoms. The zero-order chi connectivity index (χ0) is 12.1. The third-order valence-corrected chi connectivity index (χ3v) is 2.84. The highest BCUT2D eigenvalue weighted by Gasteiger charge is 2.12. The van der Waals surface area contributed by atoms with Crippen molar-refractivity contribution < 1.29 is 4.79 Å². The van der Waals surface area contributed by atoms with E-state index in [4.69, 9.17) is 5.26 Å². The van der Waals surface area contributed by atoms with Crippen LogP contribution in [0.3, 0.4) is 0 Å². The summed E-state index contributed by atoms with van der Waals surface area (Å²) in [6.07, 6.45) is 2.35. The van der Waals surface area contributed by atoms with E-state index in [0.717, 1.165) is 24.5 Å². The Kier molecular flexibility index (Phi) is 3.61. The molecule has 0 unspecified atom stereocenters. The Hall–Kier alpha value is -2.02. The van der Waals surface area contributed by atoms with Crippen LogP contribution in [0.2, 0.25) is 0 Å². The van der Waals surface area contributed by atoms with Gasteiger partial charge in [0, 0.05) is 24.5 Å². The van der Waals surface area contributed by atoms with E-state index < -0.39 is 0 Å². The number of benzene rings is 1. The predicted molar refractivity (Wildman–Crippen MR) is 66.7 cm³/mol. The van der Waals surface area contributed by atoms with Gasteiger partial charge < -0.3 is 10.2 Å². The second-order valence-corrected chi connectivity index (χ2v) is 4.13. The van der Waals surface area contributed by atoms with E-state index in [9.17, 15) is 4.79 Å². The van der Waals surface area contributed by atoms with E-state index in [2.05, 4.69) is 10.2 Å². The second-order valence-electron chi connectivity index (χ2n) is 4.13. The van der Waals surface area contributed by atoms with Gasteiger partial charge in [0.25, 0.3) is 0 Å². The first-order chi connectivity index (χ1) is 8.29. The van der Waals surface area contributed by atoms with Gasteiger partial charge in [0.1, 0.15) is 6.42 Å². The molecule has 1 aromatic rings. The highest BCUT2D eigenvalue weighted by Crippen LogP contribution is 2.23. The van der Waals surface area contributed by atoms with Crippen molar-refractivity contribution in [2.45, 2.75) is 19.3 Å². The van der Waals surface area contributed by atoms with E-state index in [1.165, 1.54) is 12.8 Å². The minimum atomic E-state index is -0.258. The van der Waals surface area contributed by atoms with Gasteiger partial charge in [-0.3, -0.25) is 4.79 Å². The van der Waals surface area contributed by atoms with E-state index in [1.54, 1.807) is 0 Å². The lowest BCUT2D eigenvalue weighted by Crippen LogP contribution is -2.18. The number of rotatable bonds is 3. The lowest BCUT2D eigenvalue weighted by Gasteiger charge is -2.18. The molecule has 0 spiro atoms. The number of anilines is 2. The average Bonchev–Trinajstić information content (AvgIpc) is 2.83. The Bertz CT molecular complexity index is 444. The maximum absolute atomic E-state index is 11.3. The largest absolute Gasteiger partial charge is 0.371 e. The second kappa shape index (κ2) is 5.35. The number of nitrogens with one attached hydrogen (secondary N) is 1. The SMILES string of the molecule is N#CCC(=O)Nc1cccc(N2CCCC2)c1. The highest BCUT2D eigenvalue weighted by molar-refractivity contribution is 5.92. The van der Waals surface area contributed by atoms with Crippen LogP contribution in [0.25, 0.3) is 0 Å². The summed E-state index contributed by atoms with van der Waals surface area (Å²) in [5.41, 5.74) is 1.90. The van der Waals surface area contributed by atoms with Gasteiger partial charge in [0.05, 0.1) is 6.07 Å². The number of amides is 1. The third-order valence-electron chi connectivity index (χ3n) is 2.84. The van der Waals surface area contributed by atoms with Gasteiger partial charge in [-0.05, 0) is 31.0 Å². The van der Waals surface area contributed by atoms with E-state index in [1.807, 2.05) is 30.3 Å². The molecule has 1 fully saturated rings. The van der Waals surface area contributed by atoms with Crippen molar-refractivity contribution in [3.05, 3.63) is 24.3 Å². The van der Waals surface area contributed by atoms with Gasteiger partial charge in [-0.25, -0.2) is 0 Å². The molecule has 4 heteroatoms. The number of carbonyl (C=O) groups excluding carboxylic acids is 1. The van der Waals surface area contributed by atoms with Crippen LogP contribution in [0, 0.1) is 11.3 Å². The molecular weight excluding hydrogens is 214 g/mol. The van der Waals surface area contributed by atoms with Crippen molar-refractivity contribution in [2.75, 3.05) is 23.3 Å². The first-order valence-corrected chi connectivity index (χ1v) is 5.81. The molecule has 1 N–H and O–H groups in total. The Morgan fingerprint density at radius 1 is 1.41 bits per heavy atom. The van der Waals surface area contributed by atoms with Gasteiger partial charge in [-0.2, -0.15) is 5.26 Å². The van der Waals surface area contributed by atoms with Gasteiger partial charge >= 0.3 is 0 Å². The Morgan fingerprint density at radius 3 is 2.88 bits per heavy atom. The summed E-state index contributed by atoms with van der Waals surface area (Å²) in [6.45, 7) is 2.16. The van der Waals surface area contributed by atoms with Crippen LogP contribution in [0.5, 0.6) is 0 Å². The van der Waals surface area contributed by atoms with Crippen LogP contribution in [0.4, 0.5) is 11.4 Å². The Morgan fingerprint density at radius 2 is 2.18 bits per heavy atom. The lowest BCUT2D eigenvalue weighted by molar-refractivity contribution is -0.115. The molecule has 1 aromatic carbocycles. The molecule has 0 radical (unpaired) electrons. The molecule has 1 amide bonds. The number of hydrogen-bond acceptors (Lipinski definition) is 3. The van der Waals surface area contributed by atoms with Crippen molar-refractivity contribution >= 4 is 17.3 Å². The average molecular weight is 229 g/mol. The summed E-state index contributed by atoms with van der Waals surface area (Å²) in [6, 6.07) is 9.61. The lowest BCUT2D eigenvalue weighted by atomic mass is 10.2. The molecule has 2 rings (SSSR count). The molecular formula is C13H15N3O. The first kappa shape index (κ1) is 11.5. The van der Waals surface area contributed by atoms with E-state index >= 15 is 0 Å². The molecule has 1 heterocycles. The highest BCUT2D eigenvalue weighted by atomic mass is 16.1. The van der Waals surface area contributed by atoms with Gasteiger partial charge in [0.2, 0.25) is 5.91 Å². The van der Waals surface area contributed by atoms with Crippen LogP contribution < -0.4 is 10.2 Å².